The van der Waals surface area contributed by atoms with Crippen molar-refractivity contribution in [3.8, 4) is 0 Å². The quantitative estimate of drug-likeness (QED) is 0.476. The van der Waals surface area contributed by atoms with Gasteiger partial charge in [-0.3, -0.25) is 14.9 Å². The van der Waals surface area contributed by atoms with E-state index in [0.29, 0.717) is 0 Å². The zero-order valence-corrected chi connectivity index (χ0v) is 10.7. The molecule has 0 atom stereocenters. The van der Waals surface area contributed by atoms with E-state index in [1.54, 1.807) is 13.8 Å². The molecule has 0 saturated heterocycles. The first kappa shape index (κ1) is 14.8. The van der Waals surface area contributed by atoms with Gasteiger partial charge in [0.2, 0.25) is 0 Å². The summed E-state index contributed by atoms with van der Waals surface area (Å²) in [7, 11) is 0. The number of aliphatic hydroxyl groups is 1. The molecule has 19 heavy (non-hydrogen) atoms. The van der Waals surface area contributed by atoms with Crippen LogP contribution >= 0.6 is 0 Å². The highest BCUT2D eigenvalue weighted by Gasteiger charge is 2.14. The maximum Gasteiger partial charge on any atom is 0.271 e. The van der Waals surface area contributed by atoms with Gasteiger partial charge < -0.3 is 5.11 Å². The van der Waals surface area contributed by atoms with Crippen LogP contribution in [0.1, 0.15) is 24.2 Å². The van der Waals surface area contributed by atoms with Crippen molar-refractivity contribution in [1.82, 2.24) is 5.43 Å². The first-order valence-corrected chi connectivity index (χ1v) is 5.55. The Balaban J connectivity index is 2.74. The minimum atomic E-state index is -0.574. The molecule has 0 bridgehead atoms. The molecule has 0 spiro atoms. The summed E-state index contributed by atoms with van der Waals surface area (Å²) >= 11 is 0. The van der Waals surface area contributed by atoms with Gasteiger partial charge in [0.1, 0.15) is 0 Å². The van der Waals surface area contributed by atoms with Gasteiger partial charge in [0.25, 0.3) is 11.6 Å². The molecule has 0 aliphatic carbocycles. The zero-order chi connectivity index (χ0) is 14.5. The van der Waals surface area contributed by atoms with Crippen molar-refractivity contribution in [2.75, 3.05) is 6.61 Å². The lowest BCUT2D eigenvalue weighted by Crippen LogP contribution is -2.23. The summed E-state index contributed by atoms with van der Waals surface area (Å²) in [4.78, 5) is 21.7. The number of hydrogen-bond donors (Lipinski definition) is 2. The topological polar surface area (TPSA) is 105 Å². The number of non-ortho nitro benzene ring substituents is 1. The van der Waals surface area contributed by atoms with E-state index in [4.69, 9.17) is 5.11 Å². The second-order valence-corrected chi connectivity index (χ2v) is 4.65. The fraction of sp³-hybridized carbons (Fsp3) is 0.333. The van der Waals surface area contributed by atoms with Gasteiger partial charge in [0.05, 0.1) is 11.5 Å². The van der Waals surface area contributed by atoms with Crippen LogP contribution in [0, 0.1) is 15.5 Å². The van der Waals surface area contributed by atoms with E-state index >= 15 is 0 Å². The number of carbonyl (C=O) groups is 1. The van der Waals surface area contributed by atoms with Crippen molar-refractivity contribution in [3.05, 3.63) is 39.9 Å². The third-order valence-electron chi connectivity index (χ3n) is 2.31. The average molecular weight is 265 g/mol. The monoisotopic (exact) mass is 265 g/mol. The number of benzene rings is 1. The van der Waals surface area contributed by atoms with Crippen molar-refractivity contribution in [3.63, 3.8) is 0 Å². The number of amides is 1. The molecule has 0 aliphatic rings. The number of hydrogen-bond acceptors (Lipinski definition) is 5. The molecule has 7 heteroatoms. The molecular formula is C12H15N3O4. The molecule has 1 rings (SSSR count). The average Bonchev–Trinajstić information content (AvgIpc) is 2.38. The molecule has 7 nitrogen and oxygen atoms in total. The minimum Gasteiger partial charge on any atom is -0.395 e. The molecule has 102 valence electrons. The highest BCUT2D eigenvalue weighted by atomic mass is 16.6. The summed E-state index contributed by atoms with van der Waals surface area (Å²) in [5.41, 5.74) is 1.69. The Labute approximate surface area is 110 Å². The van der Waals surface area contributed by atoms with Gasteiger partial charge in [-0.05, 0) is 6.07 Å². The van der Waals surface area contributed by atoms with Gasteiger partial charge >= 0.3 is 0 Å². The van der Waals surface area contributed by atoms with Crippen molar-refractivity contribution in [1.29, 1.82) is 0 Å². The highest BCUT2D eigenvalue weighted by Crippen LogP contribution is 2.13. The van der Waals surface area contributed by atoms with E-state index in [-0.39, 0.29) is 17.9 Å². The Morgan fingerprint density at radius 1 is 1.58 bits per heavy atom. The standard InChI is InChI=1S/C12H15N3O4/c1-12(2,8-16)7-13-14-11(17)9-4-3-5-10(6-9)15(18)19/h3-7,16H,8H2,1-2H3,(H,14,17). The van der Waals surface area contributed by atoms with E-state index in [2.05, 4.69) is 10.5 Å². The number of nitrogens with one attached hydrogen (secondary N) is 1. The highest BCUT2D eigenvalue weighted by molar-refractivity contribution is 5.95. The summed E-state index contributed by atoms with van der Waals surface area (Å²) in [5, 5.41) is 23.3. The van der Waals surface area contributed by atoms with Crippen molar-refractivity contribution >= 4 is 17.8 Å². The third kappa shape index (κ3) is 4.47. The Bertz CT molecular complexity index is 511. The van der Waals surface area contributed by atoms with E-state index in [1.807, 2.05) is 0 Å². The predicted molar refractivity (Wildman–Crippen MR) is 69.9 cm³/mol. The number of nitro groups is 1. The van der Waals surface area contributed by atoms with Crippen molar-refractivity contribution in [2.24, 2.45) is 10.5 Å². The van der Waals surface area contributed by atoms with Crippen LogP contribution in [0.25, 0.3) is 0 Å². The van der Waals surface area contributed by atoms with E-state index < -0.39 is 16.2 Å². The lowest BCUT2D eigenvalue weighted by Gasteiger charge is -2.14. The molecule has 0 radical (unpaired) electrons. The summed E-state index contributed by atoms with van der Waals surface area (Å²) in [5.74, 6) is -0.548. The molecule has 2 N–H and O–H groups in total. The third-order valence-corrected chi connectivity index (χ3v) is 2.31. The zero-order valence-electron chi connectivity index (χ0n) is 10.7. The normalized spacial score (nSPS) is 11.5. The van der Waals surface area contributed by atoms with E-state index in [0.717, 1.165) is 0 Å². The van der Waals surface area contributed by atoms with Crippen LogP contribution in [-0.4, -0.2) is 28.8 Å². The number of hydrazone groups is 1. The van der Waals surface area contributed by atoms with Gasteiger partial charge in [-0.2, -0.15) is 5.10 Å². The van der Waals surface area contributed by atoms with Crippen LogP contribution in [0.2, 0.25) is 0 Å². The Kier molecular flexibility index (Phi) is 4.71. The number of aliphatic hydroxyl groups excluding tert-OH is 1. The number of nitrogens with zero attached hydrogens (tertiary/aromatic N) is 2. The molecule has 0 unspecified atom stereocenters. The molecule has 1 aromatic rings. The molecule has 0 heterocycles. The fourth-order valence-electron chi connectivity index (χ4n) is 1.13. The summed E-state index contributed by atoms with van der Waals surface area (Å²) in [6.45, 7) is 3.38. The van der Waals surface area contributed by atoms with E-state index in [1.165, 1.54) is 30.5 Å². The summed E-state index contributed by atoms with van der Waals surface area (Å²) in [6.07, 6.45) is 1.41. The molecule has 0 aliphatic heterocycles. The molecule has 1 amide bonds. The maximum atomic E-state index is 11.7. The maximum absolute atomic E-state index is 11.7. The van der Waals surface area contributed by atoms with Crippen LogP contribution in [-0.2, 0) is 0 Å². The number of nitro benzene ring substituents is 1. The molecule has 0 saturated carbocycles. The first-order valence-electron chi connectivity index (χ1n) is 5.55. The number of carbonyl (C=O) groups excluding carboxylic acids is 1. The summed E-state index contributed by atoms with van der Waals surface area (Å²) < 4.78 is 0. The fourth-order valence-corrected chi connectivity index (χ4v) is 1.13. The second kappa shape index (κ2) is 6.05. The smallest absolute Gasteiger partial charge is 0.271 e. The Hall–Kier alpha value is -2.28. The lowest BCUT2D eigenvalue weighted by molar-refractivity contribution is -0.384. The van der Waals surface area contributed by atoms with Crippen LogP contribution < -0.4 is 5.43 Å². The minimum absolute atomic E-state index is 0.108. The molecule has 1 aromatic carbocycles. The van der Waals surface area contributed by atoms with Crippen LogP contribution in [0.4, 0.5) is 5.69 Å². The van der Waals surface area contributed by atoms with E-state index in [9.17, 15) is 14.9 Å². The van der Waals surface area contributed by atoms with Gasteiger partial charge in [-0.15, -0.1) is 0 Å². The first-order chi connectivity index (χ1) is 8.85. The van der Waals surface area contributed by atoms with Crippen LogP contribution in [0.3, 0.4) is 0 Å². The van der Waals surface area contributed by atoms with Gasteiger partial charge in [0, 0.05) is 29.3 Å². The van der Waals surface area contributed by atoms with Crippen molar-refractivity contribution < 1.29 is 14.8 Å². The largest absolute Gasteiger partial charge is 0.395 e. The predicted octanol–water partition coefficient (Wildman–Crippen LogP) is 1.33. The molecule has 0 fully saturated rings. The SMILES string of the molecule is CC(C)(C=NNC(=O)c1cccc([N+](=O)[O-])c1)CO. The van der Waals surface area contributed by atoms with Crippen LogP contribution in [0.15, 0.2) is 29.4 Å². The van der Waals surface area contributed by atoms with Crippen LogP contribution in [0.5, 0.6) is 0 Å². The number of rotatable bonds is 5. The molecule has 0 aromatic heterocycles. The van der Waals surface area contributed by atoms with Gasteiger partial charge in [0.15, 0.2) is 0 Å². The Morgan fingerprint density at radius 2 is 2.26 bits per heavy atom. The van der Waals surface area contributed by atoms with Gasteiger partial charge in [-0.25, -0.2) is 5.43 Å². The Morgan fingerprint density at radius 3 is 2.84 bits per heavy atom. The van der Waals surface area contributed by atoms with Gasteiger partial charge in [-0.1, -0.05) is 19.9 Å². The van der Waals surface area contributed by atoms with Crippen molar-refractivity contribution in [2.45, 2.75) is 13.8 Å². The molecular weight excluding hydrogens is 250 g/mol. The lowest BCUT2D eigenvalue weighted by atomic mass is 9.97. The summed E-state index contributed by atoms with van der Waals surface area (Å²) in [6, 6.07) is 5.35. The second-order valence-electron chi connectivity index (χ2n) is 4.65.